The standard InChI is InChI=1S/C12H21Cl2N/c1-10(15-9-12(14)8-13)11-6-4-2-3-5-7-11/h8,10-11,15H,2-7,9H2,1H3/t10-/m1/s1. The zero-order valence-corrected chi connectivity index (χ0v) is 10.9. The molecule has 1 rings (SSSR count). The molecule has 15 heavy (non-hydrogen) atoms. The van der Waals surface area contributed by atoms with E-state index in [4.69, 9.17) is 23.2 Å². The quantitative estimate of drug-likeness (QED) is 0.735. The van der Waals surface area contributed by atoms with Gasteiger partial charge in [-0.05, 0) is 25.7 Å². The second-order valence-electron chi connectivity index (χ2n) is 4.48. The van der Waals surface area contributed by atoms with Gasteiger partial charge in [0.05, 0.1) is 0 Å². The van der Waals surface area contributed by atoms with Gasteiger partial charge in [0.1, 0.15) is 0 Å². The van der Waals surface area contributed by atoms with Crippen molar-refractivity contribution in [3.8, 4) is 0 Å². The van der Waals surface area contributed by atoms with Gasteiger partial charge in [-0.2, -0.15) is 0 Å². The first-order valence-corrected chi connectivity index (χ1v) is 6.73. The van der Waals surface area contributed by atoms with Crippen molar-refractivity contribution < 1.29 is 0 Å². The Morgan fingerprint density at radius 2 is 1.93 bits per heavy atom. The predicted octanol–water partition coefficient (Wildman–Crippen LogP) is 4.25. The minimum absolute atomic E-state index is 0.550. The van der Waals surface area contributed by atoms with E-state index in [0.717, 1.165) is 5.92 Å². The maximum Gasteiger partial charge on any atom is 0.0431 e. The van der Waals surface area contributed by atoms with Crippen molar-refractivity contribution in [2.75, 3.05) is 6.54 Å². The first kappa shape index (κ1) is 13.3. The summed E-state index contributed by atoms with van der Waals surface area (Å²) in [4.78, 5) is 0. The van der Waals surface area contributed by atoms with Crippen LogP contribution in [0.3, 0.4) is 0 Å². The summed E-state index contributed by atoms with van der Waals surface area (Å²) >= 11 is 11.4. The molecule has 0 heterocycles. The Morgan fingerprint density at radius 3 is 2.47 bits per heavy atom. The maximum atomic E-state index is 5.85. The molecule has 1 N–H and O–H groups in total. The van der Waals surface area contributed by atoms with Crippen molar-refractivity contribution in [2.24, 2.45) is 5.92 Å². The number of hydrogen-bond acceptors (Lipinski definition) is 1. The molecule has 0 radical (unpaired) electrons. The first-order valence-electron chi connectivity index (χ1n) is 5.92. The van der Waals surface area contributed by atoms with Crippen molar-refractivity contribution in [1.29, 1.82) is 0 Å². The molecule has 1 fully saturated rings. The zero-order valence-electron chi connectivity index (χ0n) is 9.44. The van der Waals surface area contributed by atoms with Crippen LogP contribution in [0.4, 0.5) is 0 Å². The summed E-state index contributed by atoms with van der Waals surface area (Å²) in [6.45, 7) is 2.96. The highest BCUT2D eigenvalue weighted by Gasteiger charge is 2.18. The van der Waals surface area contributed by atoms with Crippen LogP contribution in [-0.2, 0) is 0 Å². The highest BCUT2D eigenvalue weighted by Crippen LogP contribution is 2.25. The summed E-state index contributed by atoms with van der Waals surface area (Å²) in [5.41, 5.74) is 1.44. The van der Waals surface area contributed by atoms with Crippen molar-refractivity contribution >= 4 is 23.2 Å². The molecule has 88 valence electrons. The van der Waals surface area contributed by atoms with E-state index in [-0.39, 0.29) is 0 Å². The second-order valence-corrected chi connectivity index (χ2v) is 5.18. The van der Waals surface area contributed by atoms with Gasteiger partial charge in [-0.3, -0.25) is 0 Å². The molecular weight excluding hydrogens is 229 g/mol. The van der Waals surface area contributed by atoms with Crippen LogP contribution in [0.2, 0.25) is 0 Å². The fourth-order valence-electron chi connectivity index (χ4n) is 2.27. The molecule has 1 aliphatic rings. The van der Waals surface area contributed by atoms with E-state index in [9.17, 15) is 0 Å². The number of rotatable bonds is 4. The van der Waals surface area contributed by atoms with Gasteiger partial charge in [0.2, 0.25) is 0 Å². The molecule has 1 aliphatic carbocycles. The van der Waals surface area contributed by atoms with Crippen LogP contribution in [0.15, 0.2) is 10.6 Å². The molecule has 3 heteroatoms. The summed E-state index contributed by atoms with van der Waals surface area (Å²) in [5.74, 6) is 0.812. The molecule has 1 saturated carbocycles. The molecular formula is C12H21Cl2N. The third-order valence-electron chi connectivity index (χ3n) is 3.32. The molecule has 0 saturated heterocycles. The summed E-state index contributed by atoms with van der Waals surface area (Å²) in [6, 6.07) is 0.550. The van der Waals surface area contributed by atoms with Crippen LogP contribution in [-0.4, -0.2) is 12.6 Å². The fourth-order valence-corrected chi connectivity index (χ4v) is 2.43. The van der Waals surface area contributed by atoms with Crippen LogP contribution < -0.4 is 5.32 Å². The summed E-state index contributed by atoms with van der Waals surface area (Å²) in [7, 11) is 0. The highest BCUT2D eigenvalue weighted by atomic mass is 35.5. The number of halogens is 2. The Labute approximate surface area is 103 Å². The lowest BCUT2D eigenvalue weighted by Gasteiger charge is -2.23. The predicted molar refractivity (Wildman–Crippen MR) is 68.4 cm³/mol. The van der Waals surface area contributed by atoms with Gasteiger partial charge >= 0.3 is 0 Å². The van der Waals surface area contributed by atoms with E-state index in [1.807, 2.05) is 0 Å². The van der Waals surface area contributed by atoms with Crippen molar-refractivity contribution in [3.63, 3.8) is 0 Å². The van der Waals surface area contributed by atoms with Gasteiger partial charge < -0.3 is 5.32 Å². The molecule has 0 aliphatic heterocycles. The van der Waals surface area contributed by atoms with Crippen molar-refractivity contribution in [1.82, 2.24) is 5.32 Å². The molecule has 0 spiro atoms. The highest BCUT2D eigenvalue weighted by molar-refractivity contribution is 6.36. The SMILES string of the molecule is C[C@@H](NCC(Cl)=CCl)C1CCCCCC1. The lowest BCUT2D eigenvalue weighted by Crippen LogP contribution is -2.34. The topological polar surface area (TPSA) is 12.0 Å². The lowest BCUT2D eigenvalue weighted by atomic mass is 9.93. The van der Waals surface area contributed by atoms with Crippen molar-refractivity contribution in [2.45, 2.75) is 51.5 Å². The van der Waals surface area contributed by atoms with Gasteiger partial charge in [0, 0.05) is 23.2 Å². The normalized spacial score (nSPS) is 22.5. The average Bonchev–Trinajstić information content (AvgIpc) is 2.53. The number of nitrogens with one attached hydrogen (secondary N) is 1. The Kier molecular flexibility index (Phi) is 6.71. The van der Waals surface area contributed by atoms with Gasteiger partial charge in [-0.25, -0.2) is 0 Å². The van der Waals surface area contributed by atoms with Gasteiger partial charge in [-0.15, -0.1) is 0 Å². The molecule has 0 bridgehead atoms. The molecule has 1 atom stereocenters. The summed E-state index contributed by atoms with van der Waals surface area (Å²) < 4.78 is 0. The minimum Gasteiger partial charge on any atom is -0.309 e. The Morgan fingerprint density at radius 1 is 1.33 bits per heavy atom. The summed E-state index contributed by atoms with van der Waals surface area (Å²) in [5, 5.41) is 4.14. The van der Waals surface area contributed by atoms with Gasteiger partial charge in [0.15, 0.2) is 0 Å². The van der Waals surface area contributed by atoms with Crippen LogP contribution in [0.1, 0.15) is 45.4 Å². The second kappa shape index (κ2) is 7.54. The van der Waals surface area contributed by atoms with Crippen LogP contribution in [0.5, 0.6) is 0 Å². The van der Waals surface area contributed by atoms with E-state index in [1.54, 1.807) is 0 Å². The van der Waals surface area contributed by atoms with E-state index < -0.39 is 0 Å². The lowest BCUT2D eigenvalue weighted by molar-refractivity contribution is 0.346. The largest absolute Gasteiger partial charge is 0.309 e. The van der Waals surface area contributed by atoms with E-state index >= 15 is 0 Å². The third-order valence-corrected chi connectivity index (χ3v) is 3.94. The molecule has 0 unspecified atom stereocenters. The van der Waals surface area contributed by atoms with E-state index in [0.29, 0.717) is 17.6 Å². The van der Waals surface area contributed by atoms with Gasteiger partial charge in [0.25, 0.3) is 0 Å². The maximum absolute atomic E-state index is 5.85. The average molecular weight is 250 g/mol. The third kappa shape index (κ3) is 5.24. The Balaban J connectivity index is 2.28. The Bertz CT molecular complexity index is 196. The fraction of sp³-hybridized carbons (Fsp3) is 0.833. The molecule has 1 nitrogen and oxygen atoms in total. The van der Waals surface area contributed by atoms with Crippen molar-refractivity contribution in [3.05, 3.63) is 10.6 Å². The van der Waals surface area contributed by atoms with E-state index in [1.165, 1.54) is 44.1 Å². The molecule has 0 amide bonds. The van der Waals surface area contributed by atoms with Gasteiger partial charge in [-0.1, -0.05) is 48.9 Å². The smallest absolute Gasteiger partial charge is 0.0431 e. The van der Waals surface area contributed by atoms with Crippen LogP contribution in [0.25, 0.3) is 0 Å². The monoisotopic (exact) mass is 249 g/mol. The van der Waals surface area contributed by atoms with E-state index in [2.05, 4.69) is 12.2 Å². The number of hydrogen-bond donors (Lipinski definition) is 1. The zero-order chi connectivity index (χ0) is 11.1. The van der Waals surface area contributed by atoms with Crippen LogP contribution >= 0.6 is 23.2 Å². The molecule has 0 aromatic carbocycles. The summed E-state index contributed by atoms with van der Waals surface area (Å²) in [6.07, 6.45) is 8.30. The molecule has 0 aromatic heterocycles. The van der Waals surface area contributed by atoms with Crippen LogP contribution in [0, 0.1) is 5.92 Å². The molecule has 0 aromatic rings. The first-order chi connectivity index (χ1) is 7.24. The minimum atomic E-state index is 0.550. The Hall–Kier alpha value is 0.280.